The van der Waals surface area contributed by atoms with Crippen LogP contribution in [0, 0.1) is 23.2 Å². The van der Waals surface area contributed by atoms with Crippen molar-refractivity contribution in [2.24, 2.45) is 23.2 Å². The number of nitrogens with zero attached hydrogens (tertiary/aromatic N) is 1. The van der Waals surface area contributed by atoms with E-state index in [4.69, 9.17) is 0 Å². The van der Waals surface area contributed by atoms with E-state index in [2.05, 4.69) is 48.3 Å². The molecule has 0 aromatic heterocycles. The molecule has 2 unspecified atom stereocenters. The Hall–Kier alpha value is -4.73. The smallest absolute Gasteiger partial charge is 0.315 e. The zero-order valence-corrected chi connectivity index (χ0v) is 27.2. The number of Topliss-reactive ketones (excluding diaryl/α,β-unsaturated/α-hetero) is 1. The average molecular weight is 640 g/mol. The van der Waals surface area contributed by atoms with Crippen molar-refractivity contribution >= 4 is 29.5 Å². The van der Waals surface area contributed by atoms with E-state index >= 15 is 0 Å². The van der Waals surface area contributed by atoms with Crippen LogP contribution in [-0.2, 0) is 38.6 Å². The molecule has 1 aliphatic heterocycles. The molecule has 5 rings (SSSR count). The summed E-state index contributed by atoms with van der Waals surface area (Å²) in [5.41, 5.74) is 3.02. The number of rotatable bonds is 14. The van der Waals surface area contributed by atoms with Crippen LogP contribution in [0.3, 0.4) is 0 Å². The van der Waals surface area contributed by atoms with Crippen molar-refractivity contribution in [2.75, 3.05) is 13.1 Å². The number of amides is 5. The summed E-state index contributed by atoms with van der Waals surface area (Å²) in [5.74, 6) is -2.60. The molecule has 1 saturated carbocycles. The van der Waals surface area contributed by atoms with Gasteiger partial charge in [-0.3, -0.25) is 19.2 Å². The van der Waals surface area contributed by atoms with Gasteiger partial charge >= 0.3 is 6.03 Å². The van der Waals surface area contributed by atoms with Crippen molar-refractivity contribution < 1.29 is 24.0 Å². The number of hydrogen-bond acceptors (Lipinski definition) is 5. The highest BCUT2D eigenvalue weighted by molar-refractivity contribution is 6.38. The van der Waals surface area contributed by atoms with E-state index in [9.17, 15) is 24.0 Å². The number of carbonyl (C=O) groups is 5. The van der Waals surface area contributed by atoms with Crippen LogP contribution in [0.25, 0.3) is 0 Å². The maximum Gasteiger partial charge on any atom is 0.315 e. The Morgan fingerprint density at radius 2 is 1.57 bits per heavy atom. The van der Waals surface area contributed by atoms with E-state index in [1.54, 1.807) is 11.0 Å². The first-order valence-electron chi connectivity index (χ1n) is 16.4. The molecule has 2 fully saturated rings. The van der Waals surface area contributed by atoms with Crippen LogP contribution in [0.15, 0.2) is 79.9 Å². The van der Waals surface area contributed by atoms with E-state index in [1.165, 1.54) is 6.08 Å². The molecule has 0 spiro atoms. The third-order valence-electron chi connectivity index (χ3n) is 10.1. The van der Waals surface area contributed by atoms with Crippen molar-refractivity contribution in [3.05, 3.63) is 96.6 Å². The van der Waals surface area contributed by atoms with Crippen molar-refractivity contribution in [2.45, 2.75) is 64.2 Å². The van der Waals surface area contributed by atoms with E-state index < -0.39 is 41.8 Å². The topological polar surface area (TPSA) is 137 Å². The maximum absolute atomic E-state index is 14.6. The summed E-state index contributed by atoms with van der Waals surface area (Å²) in [6.07, 6.45) is 4.93. The Balaban J connectivity index is 1.37. The van der Waals surface area contributed by atoms with Crippen molar-refractivity contribution in [3.8, 4) is 0 Å². The number of likely N-dealkylation sites (tertiary alicyclic amines) is 1. The summed E-state index contributed by atoms with van der Waals surface area (Å²) in [6.45, 7) is 12.2. The van der Waals surface area contributed by atoms with E-state index in [-0.39, 0.29) is 42.0 Å². The van der Waals surface area contributed by atoms with Gasteiger partial charge in [0.05, 0.1) is 6.04 Å². The normalized spacial score (nSPS) is 21.7. The summed E-state index contributed by atoms with van der Waals surface area (Å²) >= 11 is 0. The molecule has 10 nitrogen and oxygen atoms in total. The molecule has 2 aliphatic carbocycles. The second-order valence-electron chi connectivity index (χ2n) is 13.4. The molecule has 1 heterocycles. The predicted octanol–water partition coefficient (Wildman–Crippen LogP) is 3.07. The number of piperidine rings is 1. The number of benzene rings is 2. The van der Waals surface area contributed by atoms with Gasteiger partial charge in [-0.2, -0.15) is 0 Å². The van der Waals surface area contributed by atoms with E-state index in [0.717, 1.165) is 16.7 Å². The highest BCUT2D eigenvalue weighted by Crippen LogP contribution is 2.65. The minimum atomic E-state index is -1.08. The molecule has 5 atom stereocenters. The van der Waals surface area contributed by atoms with Gasteiger partial charge in [-0.05, 0) is 65.5 Å². The minimum Gasteiger partial charge on any atom is -0.346 e. The van der Waals surface area contributed by atoms with Crippen molar-refractivity contribution in [1.82, 2.24) is 26.2 Å². The monoisotopic (exact) mass is 639 g/mol. The molecule has 47 heavy (non-hydrogen) atoms. The Morgan fingerprint density at radius 1 is 0.915 bits per heavy atom. The molecule has 2 aromatic carbocycles. The summed E-state index contributed by atoms with van der Waals surface area (Å²) < 4.78 is 0. The molecule has 4 N–H and O–H groups in total. The minimum absolute atomic E-state index is 0.0914. The van der Waals surface area contributed by atoms with Crippen LogP contribution >= 0.6 is 0 Å². The molecule has 1 saturated heterocycles. The molecule has 0 bridgehead atoms. The highest BCUT2D eigenvalue weighted by Gasteiger charge is 2.69. The maximum atomic E-state index is 14.6. The zero-order valence-electron chi connectivity index (χ0n) is 27.2. The number of urea groups is 1. The SMILES string of the molecule is C=CCCC(NC(=O)[C@@H]1[C@H]2[C@@H](CN1C(=O)C(NC(=O)NCc1ccccc1)C1Cc3ccccc3C1)C2(C)C)C(=O)C(=O)NCC=C. The fourth-order valence-corrected chi connectivity index (χ4v) is 7.39. The van der Waals surface area contributed by atoms with Gasteiger partial charge in [-0.1, -0.05) is 80.6 Å². The fraction of sp³-hybridized carbons (Fsp3) is 0.432. The quantitative estimate of drug-likeness (QED) is 0.186. The number of hydrogen-bond donors (Lipinski definition) is 4. The number of fused-ring (bicyclic) bond motifs is 2. The number of nitrogens with one attached hydrogen (secondary N) is 4. The Labute approximate surface area is 276 Å². The van der Waals surface area contributed by atoms with E-state index in [1.807, 2.05) is 54.6 Å². The lowest BCUT2D eigenvalue weighted by Gasteiger charge is -2.35. The van der Waals surface area contributed by atoms with Crippen molar-refractivity contribution in [3.63, 3.8) is 0 Å². The number of carbonyl (C=O) groups excluding carboxylic acids is 5. The van der Waals surface area contributed by atoms with Gasteiger partial charge in [0.1, 0.15) is 12.1 Å². The van der Waals surface area contributed by atoms with Crippen molar-refractivity contribution in [1.29, 1.82) is 0 Å². The first-order chi connectivity index (χ1) is 22.6. The molecule has 10 heteroatoms. The summed E-state index contributed by atoms with van der Waals surface area (Å²) in [5, 5.41) is 11.2. The van der Waals surface area contributed by atoms with Gasteiger partial charge in [0, 0.05) is 19.6 Å². The third kappa shape index (κ3) is 7.32. The third-order valence-corrected chi connectivity index (χ3v) is 10.1. The molecular formula is C37H45N5O5. The number of ketones is 1. The lowest BCUT2D eigenvalue weighted by molar-refractivity contribution is -0.144. The summed E-state index contributed by atoms with van der Waals surface area (Å²) in [6, 6.07) is 14.3. The number of allylic oxidation sites excluding steroid dienone is 1. The van der Waals surface area contributed by atoms with Gasteiger partial charge < -0.3 is 26.2 Å². The molecular weight excluding hydrogens is 594 g/mol. The Morgan fingerprint density at radius 3 is 2.21 bits per heavy atom. The van der Waals surface area contributed by atoms with Crippen LogP contribution in [0.5, 0.6) is 0 Å². The second-order valence-corrected chi connectivity index (χ2v) is 13.4. The first-order valence-corrected chi connectivity index (χ1v) is 16.4. The van der Waals surface area contributed by atoms with Crippen LogP contribution in [0.1, 0.15) is 43.4 Å². The highest BCUT2D eigenvalue weighted by atomic mass is 16.2. The second kappa shape index (κ2) is 14.4. The summed E-state index contributed by atoms with van der Waals surface area (Å²) in [4.78, 5) is 69.1. The fourth-order valence-electron chi connectivity index (χ4n) is 7.39. The van der Waals surface area contributed by atoms with Gasteiger partial charge in [0.25, 0.3) is 5.91 Å². The van der Waals surface area contributed by atoms with Gasteiger partial charge in [0.15, 0.2) is 0 Å². The van der Waals surface area contributed by atoms with Crippen LogP contribution < -0.4 is 21.3 Å². The molecule has 5 amide bonds. The van der Waals surface area contributed by atoms with E-state index in [0.29, 0.717) is 32.4 Å². The molecule has 3 aliphatic rings. The first kappa shape index (κ1) is 33.6. The molecule has 2 aromatic rings. The largest absolute Gasteiger partial charge is 0.346 e. The van der Waals surface area contributed by atoms with Gasteiger partial charge in [-0.25, -0.2) is 4.79 Å². The van der Waals surface area contributed by atoms with Crippen LogP contribution in [0.4, 0.5) is 4.79 Å². The Kier molecular flexibility index (Phi) is 10.3. The standard InChI is InChI=1S/C37H45N5O5/c1-5-7-17-28(32(43)34(45)38-18-6-2)40-33(44)31-29-27(37(29,3)4)22-42(31)35(46)30(26-19-24-15-11-12-16-25(24)20-26)41-36(47)39-21-23-13-9-8-10-14-23/h5-6,8-16,26-31H,1-2,7,17-22H2,3-4H3,(H,38,45)(H,40,44)(H2,39,41,47)/t27-,28?,29-,30?,31+/m1/s1. The molecule has 0 radical (unpaired) electrons. The predicted molar refractivity (Wildman–Crippen MR) is 179 cm³/mol. The lowest BCUT2D eigenvalue weighted by atomic mass is 9.93. The van der Waals surface area contributed by atoms with Crippen LogP contribution in [-0.4, -0.2) is 65.7 Å². The Bertz CT molecular complexity index is 1510. The van der Waals surface area contributed by atoms with Gasteiger partial charge in [0.2, 0.25) is 17.6 Å². The van der Waals surface area contributed by atoms with Crippen LogP contribution in [0.2, 0.25) is 0 Å². The van der Waals surface area contributed by atoms with Gasteiger partial charge in [-0.15, -0.1) is 13.2 Å². The summed E-state index contributed by atoms with van der Waals surface area (Å²) in [7, 11) is 0. The average Bonchev–Trinajstić information content (AvgIpc) is 3.43. The zero-order chi connectivity index (χ0) is 33.7. The molecule has 248 valence electrons. The lowest BCUT2D eigenvalue weighted by Crippen LogP contribution is -2.60.